The van der Waals surface area contributed by atoms with E-state index in [9.17, 15) is 0 Å². The Labute approximate surface area is 245 Å². The number of benzene rings is 4. The fourth-order valence-electron chi connectivity index (χ4n) is 3.65. The zero-order valence-electron chi connectivity index (χ0n) is 21.7. The topological polar surface area (TPSA) is 58.8 Å². The van der Waals surface area contributed by atoms with E-state index in [-0.39, 0.29) is 24.0 Å². The average Bonchev–Trinajstić information content (AvgIpc) is 2.96. The third-order valence-electron chi connectivity index (χ3n) is 5.63. The number of nitrogens with zero attached hydrogens (tertiary/aromatic N) is 4. The molecule has 4 aromatic carbocycles. The summed E-state index contributed by atoms with van der Waals surface area (Å²) < 4.78 is 10.6. The van der Waals surface area contributed by atoms with Crippen molar-refractivity contribution in [3.05, 3.63) is 114 Å². The molecule has 4 rings (SSSR count). The monoisotopic (exact) mass is 638 g/mol. The summed E-state index contributed by atoms with van der Waals surface area (Å²) in [6, 6.07) is 33.8. The molecule has 0 aliphatic heterocycles. The summed E-state index contributed by atoms with van der Waals surface area (Å²) in [5, 5.41) is 9.54. The summed E-state index contributed by atoms with van der Waals surface area (Å²) in [4.78, 5) is 7.26. The Kier molecular flexibility index (Phi) is 11.6. The third kappa shape index (κ3) is 8.59. The largest absolute Gasteiger partial charge is 0.497 e. The van der Waals surface area contributed by atoms with Crippen LogP contribution >= 0.6 is 35.7 Å². The molecule has 0 saturated carbocycles. The van der Waals surface area contributed by atoms with Crippen LogP contribution in [0.15, 0.2) is 118 Å². The SMILES string of the molecule is COc1ccc(CN(Cc2ccc(OC)cc2)C(=Nc2ccc(N=Nc3ccccc3)cc2)SC)cc1.I. The molecule has 0 radical (unpaired) electrons. The van der Waals surface area contributed by atoms with Crippen molar-refractivity contribution in [2.75, 3.05) is 20.5 Å². The van der Waals surface area contributed by atoms with Gasteiger partial charge >= 0.3 is 0 Å². The van der Waals surface area contributed by atoms with Crippen LogP contribution in [-0.2, 0) is 13.1 Å². The molecule has 0 heterocycles. The highest BCUT2D eigenvalue weighted by Crippen LogP contribution is 2.25. The average molecular weight is 639 g/mol. The number of hydrogen-bond acceptors (Lipinski definition) is 6. The minimum atomic E-state index is 0. The zero-order chi connectivity index (χ0) is 25.9. The summed E-state index contributed by atoms with van der Waals surface area (Å²) in [5.41, 5.74) is 4.81. The smallest absolute Gasteiger partial charge is 0.164 e. The number of hydrogen-bond donors (Lipinski definition) is 0. The lowest BCUT2D eigenvalue weighted by Crippen LogP contribution is -2.27. The van der Waals surface area contributed by atoms with Gasteiger partial charge in [-0.05, 0) is 78.0 Å². The maximum absolute atomic E-state index is 5.32. The molecule has 4 aromatic rings. The van der Waals surface area contributed by atoms with Gasteiger partial charge in [0.1, 0.15) is 11.5 Å². The van der Waals surface area contributed by atoms with Gasteiger partial charge in [0, 0.05) is 13.1 Å². The van der Waals surface area contributed by atoms with Crippen LogP contribution in [0.3, 0.4) is 0 Å². The Hall–Kier alpha value is -3.37. The summed E-state index contributed by atoms with van der Waals surface area (Å²) in [5.74, 6) is 1.68. The van der Waals surface area contributed by atoms with Crippen molar-refractivity contribution in [2.45, 2.75) is 13.1 Å². The Morgan fingerprint density at radius 1 is 0.632 bits per heavy atom. The number of rotatable bonds is 9. The molecule has 0 aliphatic carbocycles. The minimum Gasteiger partial charge on any atom is -0.497 e. The van der Waals surface area contributed by atoms with E-state index in [1.54, 1.807) is 26.0 Å². The van der Waals surface area contributed by atoms with Crippen LogP contribution in [0.5, 0.6) is 11.5 Å². The normalized spacial score (nSPS) is 11.2. The molecule has 0 N–H and O–H groups in total. The molecule has 0 atom stereocenters. The molecule has 0 spiro atoms. The molecule has 6 nitrogen and oxygen atoms in total. The van der Waals surface area contributed by atoms with Crippen LogP contribution in [-0.4, -0.2) is 30.5 Å². The van der Waals surface area contributed by atoms with E-state index in [0.29, 0.717) is 13.1 Å². The number of amidine groups is 1. The number of halogens is 1. The maximum atomic E-state index is 5.32. The van der Waals surface area contributed by atoms with E-state index < -0.39 is 0 Å². The number of thioether (sulfide) groups is 1. The number of ether oxygens (including phenoxy) is 2. The highest BCUT2D eigenvalue weighted by atomic mass is 127. The summed E-state index contributed by atoms with van der Waals surface area (Å²) in [7, 11) is 3.36. The van der Waals surface area contributed by atoms with Crippen molar-refractivity contribution < 1.29 is 9.47 Å². The third-order valence-corrected chi connectivity index (χ3v) is 6.34. The number of aliphatic imine (C=N–C) groups is 1. The lowest BCUT2D eigenvalue weighted by molar-refractivity contribution is 0.405. The first-order valence-electron chi connectivity index (χ1n) is 11.9. The van der Waals surface area contributed by atoms with Gasteiger partial charge in [-0.1, -0.05) is 54.2 Å². The second-order valence-corrected chi connectivity index (χ2v) is 8.98. The molecule has 0 aromatic heterocycles. The summed E-state index contributed by atoms with van der Waals surface area (Å²) in [6.07, 6.45) is 2.05. The number of azo groups is 1. The van der Waals surface area contributed by atoms with E-state index in [1.165, 1.54) is 11.1 Å². The first-order valence-corrected chi connectivity index (χ1v) is 13.1. The molecule has 0 unspecified atom stereocenters. The van der Waals surface area contributed by atoms with Gasteiger partial charge in [0.15, 0.2) is 5.17 Å². The first-order chi connectivity index (χ1) is 18.2. The lowest BCUT2D eigenvalue weighted by Gasteiger charge is -2.25. The van der Waals surface area contributed by atoms with Gasteiger partial charge in [-0.2, -0.15) is 10.2 Å². The molecule has 196 valence electrons. The highest BCUT2D eigenvalue weighted by Gasteiger charge is 2.13. The van der Waals surface area contributed by atoms with E-state index in [2.05, 4.69) is 45.6 Å². The molecule has 0 aliphatic rings. The van der Waals surface area contributed by atoms with Gasteiger partial charge in [0.25, 0.3) is 0 Å². The lowest BCUT2D eigenvalue weighted by atomic mass is 10.1. The summed E-state index contributed by atoms with van der Waals surface area (Å²) >= 11 is 1.62. The summed E-state index contributed by atoms with van der Waals surface area (Å²) in [6.45, 7) is 1.41. The predicted molar refractivity (Wildman–Crippen MR) is 168 cm³/mol. The Morgan fingerprint density at radius 3 is 1.53 bits per heavy atom. The molecular formula is C30H31IN4O2S. The van der Waals surface area contributed by atoms with Crippen LogP contribution in [0.4, 0.5) is 17.1 Å². The zero-order valence-corrected chi connectivity index (χ0v) is 24.8. The quantitative estimate of drug-likeness (QED) is 0.0796. The van der Waals surface area contributed by atoms with Crippen molar-refractivity contribution in [3.8, 4) is 11.5 Å². The minimum absolute atomic E-state index is 0. The van der Waals surface area contributed by atoms with Crippen molar-refractivity contribution in [2.24, 2.45) is 15.2 Å². The van der Waals surface area contributed by atoms with Gasteiger partial charge in [-0.15, -0.1) is 24.0 Å². The Balaban J connectivity index is 0.00000400. The Bertz CT molecular complexity index is 1260. The molecular weight excluding hydrogens is 607 g/mol. The van der Waals surface area contributed by atoms with Gasteiger partial charge in [0.2, 0.25) is 0 Å². The van der Waals surface area contributed by atoms with Crippen LogP contribution < -0.4 is 9.47 Å². The van der Waals surface area contributed by atoms with E-state index in [4.69, 9.17) is 14.5 Å². The van der Waals surface area contributed by atoms with Crippen LogP contribution in [0.2, 0.25) is 0 Å². The van der Waals surface area contributed by atoms with Crippen LogP contribution in [0.1, 0.15) is 11.1 Å². The molecule has 0 fully saturated rings. The molecule has 0 saturated heterocycles. The second kappa shape index (κ2) is 15.1. The van der Waals surface area contributed by atoms with Gasteiger partial charge in [-0.3, -0.25) is 0 Å². The van der Waals surface area contributed by atoms with Gasteiger partial charge in [0.05, 0.1) is 31.3 Å². The highest BCUT2D eigenvalue weighted by molar-refractivity contribution is 14.0. The fourth-order valence-corrected chi connectivity index (χ4v) is 4.24. The molecule has 0 bridgehead atoms. The van der Waals surface area contributed by atoms with Crippen molar-refractivity contribution >= 4 is 58.0 Å². The maximum Gasteiger partial charge on any atom is 0.164 e. The predicted octanol–water partition coefficient (Wildman–Crippen LogP) is 8.79. The first kappa shape index (κ1) is 29.2. The Morgan fingerprint density at radius 2 is 1.08 bits per heavy atom. The standard InChI is InChI=1S/C30H30N4O2S.HI/c1-35-28-17-9-23(10-18-28)21-34(22-24-11-19-29(36-2)20-12-24)30(37-3)31-25-13-15-27(16-14-25)33-32-26-7-5-4-6-8-26;/h4-20H,21-22H2,1-3H3;1H. The van der Waals surface area contributed by atoms with E-state index in [0.717, 1.165) is 33.7 Å². The van der Waals surface area contributed by atoms with Crippen molar-refractivity contribution in [1.29, 1.82) is 0 Å². The molecule has 0 amide bonds. The number of methoxy groups -OCH3 is 2. The van der Waals surface area contributed by atoms with E-state index >= 15 is 0 Å². The van der Waals surface area contributed by atoms with Crippen molar-refractivity contribution in [1.82, 2.24) is 4.90 Å². The molecule has 38 heavy (non-hydrogen) atoms. The van der Waals surface area contributed by atoms with Crippen molar-refractivity contribution in [3.63, 3.8) is 0 Å². The molecule has 8 heteroatoms. The van der Waals surface area contributed by atoms with E-state index in [1.807, 2.05) is 78.9 Å². The van der Waals surface area contributed by atoms with Crippen LogP contribution in [0.25, 0.3) is 0 Å². The fraction of sp³-hybridized carbons (Fsp3) is 0.167. The van der Waals surface area contributed by atoms with Gasteiger partial charge < -0.3 is 14.4 Å². The second-order valence-electron chi connectivity index (χ2n) is 8.20. The van der Waals surface area contributed by atoms with Gasteiger partial charge in [-0.25, -0.2) is 4.99 Å². The van der Waals surface area contributed by atoms with Crippen LogP contribution in [0, 0.1) is 0 Å².